The van der Waals surface area contributed by atoms with E-state index in [-0.39, 0.29) is 23.6 Å². The van der Waals surface area contributed by atoms with E-state index in [2.05, 4.69) is 10.5 Å². The van der Waals surface area contributed by atoms with E-state index in [0.717, 1.165) is 29.3 Å². The Hall–Kier alpha value is -2.84. The summed E-state index contributed by atoms with van der Waals surface area (Å²) in [5.74, 6) is -1.56. The van der Waals surface area contributed by atoms with Gasteiger partial charge in [0.2, 0.25) is 6.10 Å². The first-order chi connectivity index (χ1) is 14.6. The third-order valence-corrected chi connectivity index (χ3v) is 4.50. The van der Waals surface area contributed by atoms with Crippen molar-refractivity contribution in [1.82, 2.24) is 5.32 Å². The second-order valence-corrected chi connectivity index (χ2v) is 6.75. The molecule has 1 N–H and O–H groups in total. The van der Waals surface area contributed by atoms with E-state index in [0.29, 0.717) is 33.0 Å². The van der Waals surface area contributed by atoms with E-state index in [1.165, 1.54) is 0 Å². The van der Waals surface area contributed by atoms with Crippen LogP contribution >= 0.6 is 0 Å². The van der Waals surface area contributed by atoms with Crippen LogP contribution in [-0.2, 0) is 32.3 Å². The van der Waals surface area contributed by atoms with E-state index in [9.17, 15) is 13.6 Å². The summed E-state index contributed by atoms with van der Waals surface area (Å²) < 4.78 is 38.0. The minimum Gasteiger partial charge on any atom is -0.382 e. The molecular weight excluding hydrogens is 394 g/mol. The van der Waals surface area contributed by atoms with Gasteiger partial charge < -0.3 is 19.6 Å². The molecule has 2 aromatic carbocycles. The predicted octanol–water partition coefficient (Wildman–Crippen LogP) is 3.33. The van der Waals surface area contributed by atoms with Crippen LogP contribution in [0.2, 0.25) is 0 Å². The average Bonchev–Trinajstić information content (AvgIpc) is 3.24. The van der Waals surface area contributed by atoms with Crippen molar-refractivity contribution in [1.29, 1.82) is 0 Å². The van der Waals surface area contributed by atoms with Gasteiger partial charge >= 0.3 is 0 Å². The van der Waals surface area contributed by atoms with Crippen LogP contribution in [0.5, 0.6) is 0 Å². The van der Waals surface area contributed by atoms with Gasteiger partial charge in [-0.1, -0.05) is 29.4 Å². The summed E-state index contributed by atoms with van der Waals surface area (Å²) >= 11 is 0. The standard InChI is InChI=1S/C22H24F2N2O4/c1-2-28-8-9-29-14-16-5-3-4-15(10-16)13-25-22(27)21-12-20(26-30-21)18-11-17(23)6-7-19(18)24/h3-7,10-11,21H,2,8-9,12-14H2,1H3,(H,25,27). The minimum atomic E-state index is -0.882. The molecule has 1 atom stereocenters. The van der Waals surface area contributed by atoms with Crippen LogP contribution < -0.4 is 5.32 Å². The minimum absolute atomic E-state index is 0.00216. The molecule has 0 bridgehead atoms. The maximum absolute atomic E-state index is 13.9. The molecule has 0 saturated carbocycles. The Kier molecular flexibility index (Phi) is 7.87. The van der Waals surface area contributed by atoms with Gasteiger partial charge in [-0.2, -0.15) is 0 Å². The summed E-state index contributed by atoms with van der Waals surface area (Å²) in [6.07, 6.45) is -0.812. The zero-order valence-corrected chi connectivity index (χ0v) is 16.7. The molecule has 3 rings (SSSR count). The highest BCUT2D eigenvalue weighted by Crippen LogP contribution is 2.20. The van der Waals surface area contributed by atoms with Crippen molar-refractivity contribution in [3.63, 3.8) is 0 Å². The van der Waals surface area contributed by atoms with Gasteiger partial charge in [0.05, 0.1) is 25.5 Å². The van der Waals surface area contributed by atoms with E-state index < -0.39 is 17.7 Å². The SMILES string of the molecule is CCOCCOCc1cccc(CNC(=O)C2CC(c3cc(F)ccc3F)=NO2)c1. The van der Waals surface area contributed by atoms with Gasteiger partial charge in [0, 0.05) is 25.1 Å². The summed E-state index contributed by atoms with van der Waals surface area (Å²) in [6.45, 7) is 4.42. The first kappa shape index (κ1) is 21.9. The molecule has 0 fully saturated rings. The highest BCUT2D eigenvalue weighted by atomic mass is 19.1. The lowest BCUT2D eigenvalue weighted by atomic mass is 10.0. The Morgan fingerprint density at radius 2 is 1.97 bits per heavy atom. The quantitative estimate of drug-likeness (QED) is 0.601. The summed E-state index contributed by atoms with van der Waals surface area (Å²) in [4.78, 5) is 17.5. The number of halogens is 2. The molecular formula is C22H24F2N2O4. The van der Waals surface area contributed by atoms with E-state index >= 15 is 0 Å². The molecule has 0 aromatic heterocycles. The highest BCUT2D eigenvalue weighted by molar-refractivity contribution is 6.04. The monoisotopic (exact) mass is 418 g/mol. The number of carbonyl (C=O) groups excluding carboxylic acids is 1. The highest BCUT2D eigenvalue weighted by Gasteiger charge is 2.30. The first-order valence-electron chi connectivity index (χ1n) is 9.76. The number of benzene rings is 2. The number of ether oxygens (including phenoxy) is 2. The van der Waals surface area contributed by atoms with E-state index in [1.807, 2.05) is 31.2 Å². The number of nitrogens with one attached hydrogen (secondary N) is 1. The smallest absolute Gasteiger partial charge is 0.264 e. The number of hydrogen-bond acceptors (Lipinski definition) is 5. The van der Waals surface area contributed by atoms with Crippen LogP contribution in [0.15, 0.2) is 47.6 Å². The van der Waals surface area contributed by atoms with Crippen LogP contribution in [0.3, 0.4) is 0 Å². The predicted molar refractivity (Wildman–Crippen MR) is 107 cm³/mol. The Balaban J connectivity index is 1.47. The Bertz CT molecular complexity index is 904. The fraction of sp³-hybridized carbons (Fsp3) is 0.364. The Labute approximate surface area is 173 Å². The van der Waals surface area contributed by atoms with Gasteiger partial charge in [-0.25, -0.2) is 8.78 Å². The Morgan fingerprint density at radius 3 is 2.80 bits per heavy atom. The van der Waals surface area contributed by atoms with Crippen molar-refractivity contribution in [3.05, 3.63) is 70.8 Å². The van der Waals surface area contributed by atoms with E-state index in [4.69, 9.17) is 14.3 Å². The van der Waals surface area contributed by atoms with Crippen LogP contribution in [0.4, 0.5) is 8.78 Å². The van der Waals surface area contributed by atoms with Crippen molar-refractivity contribution in [3.8, 4) is 0 Å². The Morgan fingerprint density at radius 1 is 1.17 bits per heavy atom. The molecule has 1 amide bonds. The lowest BCUT2D eigenvalue weighted by Crippen LogP contribution is -2.34. The van der Waals surface area contributed by atoms with Gasteiger partial charge in [-0.15, -0.1) is 0 Å². The number of rotatable bonds is 10. The zero-order valence-electron chi connectivity index (χ0n) is 16.7. The summed E-state index contributed by atoms with van der Waals surface area (Å²) in [7, 11) is 0. The molecule has 0 spiro atoms. The second kappa shape index (κ2) is 10.8. The van der Waals surface area contributed by atoms with Gasteiger partial charge in [0.25, 0.3) is 5.91 Å². The van der Waals surface area contributed by atoms with E-state index in [1.54, 1.807) is 0 Å². The van der Waals surface area contributed by atoms with Gasteiger partial charge in [-0.05, 0) is 36.2 Å². The number of oxime groups is 1. The van der Waals surface area contributed by atoms with Crippen molar-refractivity contribution < 1.29 is 27.9 Å². The molecule has 30 heavy (non-hydrogen) atoms. The number of amides is 1. The molecule has 1 aliphatic heterocycles. The van der Waals surface area contributed by atoms with Gasteiger partial charge in [0.1, 0.15) is 11.6 Å². The summed E-state index contributed by atoms with van der Waals surface area (Å²) in [5.41, 5.74) is 2.10. The number of carbonyl (C=O) groups is 1. The molecule has 0 aliphatic carbocycles. The van der Waals surface area contributed by atoms with Crippen molar-refractivity contribution in [2.24, 2.45) is 5.16 Å². The van der Waals surface area contributed by atoms with Crippen molar-refractivity contribution in [2.75, 3.05) is 19.8 Å². The summed E-state index contributed by atoms with van der Waals surface area (Å²) in [6, 6.07) is 10.8. The molecule has 160 valence electrons. The molecule has 2 aromatic rings. The number of hydrogen-bond donors (Lipinski definition) is 1. The first-order valence-corrected chi connectivity index (χ1v) is 9.76. The molecule has 1 heterocycles. The topological polar surface area (TPSA) is 69.2 Å². The van der Waals surface area contributed by atoms with Crippen LogP contribution in [0.25, 0.3) is 0 Å². The zero-order chi connectivity index (χ0) is 21.3. The van der Waals surface area contributed by atoms with Crippen LogP contribution in [-0.4, -0.2) is 37.5 Å². The molecule has 1 unspecified atom stereocenters. The second-order valence-electron chi connectivity index (χ2n) is 6.75. The van der Waals surface area contributed by atoms with Crippen LogP contribution in [0, 0.1) is 11.6 Å². The molecule has 6 nitrogen and oxygen atoms in total. The van der Waals surface area contributed by atoms with Gasteiger partial charge in [-0.3, -0.25) is 4.79 Å². The maximum Gasteiger partial charge on any atom is 0.264 e. The lowest BCUT2D eigenvalue weighted by molar-refractivity contribution is -0.131. The number of nitrogens with zero attached hydrogens (tertiary/aromatic N) is 1. The molecule has 0 radical (unpaired) electrons. The average molecular weight is 418 g/mol. The third kappa shape index (κ3) is 6.08. The fourth-order valence-electron chi connectivity index (χ4n) is 2.98. The normalized spacial score (nSPS) is 15.6. The lowest BCUT2D eigenvalue weighted by Gasteiger charge is -2.11. The molecule has 0 saturated heterocycles. The largest absolute Gasteiger partial charge is 0.382 e. The maximum atomic E-state index is 13.9. The molecule has 1 aliphatic rings. The van der Waals surface area contributed by atoms with Crippen molar-refractivity contribution in [2.45, 2.75) is 32.6 Å². The van der Waals surface area contributed by atoms with Crippen LogP contribution in [0.1, 0.15) is 30.0 Å². The molecule has 8 heteroatoms. The summed E-state index contributed by atoms with van der Waals surface area (Å²) in [5, 5.41) is 6.54. The van der Waals surface area contributed by atoms with Gasteiger partial charge in [0.15, 0.2) is 0 Å². The fourth-order valence-corrected chi connectivity index (χ4v) is 2.98. The van der Waals surface area contributed by atoms with Crippen molar-refractivity contribution >= 4 is 11.6 Å². The third-order valence-electron chi connectivity index (χ3n) is 4.50.